The first-order valence-corrected chi connectivity index (χ1v) is 5.51. The van der Waals surface area contributed by atoms with E-state index in [4.69, 9.17) is 11.2 Å². The maximum Gasteiger partial charge on any atom is 0.119 e. The van der Waals surface area contributed by atoms with Crippen LogP contribution >= 0.6 is 0 Å². The molecular formula is C16H14O. The Morgan fingerprint density at radius 1 is 1.12 bits per heavy atom. The second-order valence-corrected chi connectivity index (χ2v) is 3.83. The predicted octanol–water partition coefficient (Wildman–Crippen LogP) is 3.27. The molecule has 2 aromatic carbocycles. The maximum absolute atomic E-state index is 5.51. The number of benzene rings is 2. The molecule has 2 rings (SSSR count). The van der Waals surface area contributed by atoms with Gasteiger partial charge in [0.1, 0.15) is 5.75 Å². The number of hydrogen-bond donors (Lipinski definition) is 0. The van der Waals surface area contributed by atoms with Gasteiger partial charge in [0.25, 0.3) is 0 Å². The first-order chi connectivity index (χ1) is 8.33. The second-order valence-electron chi connectivity index (χ2n) is 3.83. The molecule has 0 radical (unpaired) electrons. The lowest BCUT2D eigenvalue weighted by Crippen LogP contribution is -1.94. The van der Waals surface area contributed by atoms with Crippen molar-refractivity contribution in [3.8, 4) is 18.1 Å². The molecule has 0 saturated heterocycles. The summed E-state index contributed by atoms with van der Waals surface area (Å²) in [6.45, 7) is 0. The van der Waals surface area contributed by atoms with Crippen molar-refractivity contribution in [3.05, 3.63) is 65.2 Å². The summed E-state index contributed by atoms with van der Waals surface area (Å²) >= 11 is 0. The number of rotatable bonds is 3. The molecule has 0 heterocycles. The zero-order valence-electron chi connectivity index (χ0n) is 9.81. The molecule has 84 valence electrons. The van der Waals surface area contributed by atoms with E-state index in [1.807, 2.05) is 36.4 Å². The highest BCUT2D eigenvalue weighted by atomic mass is 16.5. The first-order valence-electron chi connectivity index (χ1n) is 5.51. The van der Waals surface area contributed by atoms with Crippen LogP contribution in [-0.4, -0.2) is 7.11 Å². The molecule has 0 saturated carbocycles. The van der Waals surface area contributed by atoms with Crippen LogP contribution in [0.5, 0.6) is 5.75 Å². The number of ether oxygens (including phenoxy) is 1. The van der Waals surface area contributed by atoms with Gasteiger partial charge in [-0.05, 0) is 35.7 Å². The smallest absolute Gasteiger partial charge is 0.119 e. The van der Waals surface area contributed by atoms with E-state index in [-0.39, 0.29) is 0 Å². The first kappa shape index (κ1) is 11.3. The van der Waals surface area contributed by atoms with Crippen molar-refractivity contribution in [2.24, 2.45) is 0 Å². The fourth-order valence-corrected chi connectivity index (χ4v) is 1.80. The lowest BCUT2D eigenvalue weighted by Gasteiger charge is -2.07. The maximum atomic E-state index is 5.51. The molecule has 0 atom stereocenters. The van der Waals surface area contributed by atoms with E-state index < -0.39 is 0 Å². The highest BCUT2D eigenvalue weighted by molar-refractivity contribution is 5.46. The van der Waals surface area contributed by atoms with Gasteiger partial charge in [0.05, 0.1) is 7.11 Å². The Morgan fingerprint density at radius 3 is 2.53 bits per heavy atom. The molecule has 1 nitrogen and oxygen atoms in total. The van der Waals surface area contributed by atoms with Crippen LogP contribution in [0.3, 0.4) is 0 Å². The van der Waals surface area contributed by atoms with Crippen LogP contribution in [0.4, 0.5) is 0 Å². The summed E-state index contributed by atoms with van der Waals surface area (Å²) in [6.07, 6.45) is 6.34. The molecule has 0 aliphatic heterocycles. The predicted molar refractivity (Wildman–Crippen MR) is 70.2 cm³/mol. The van der Waals surface area contributed by atoms with E-state index in [1.54, 1.807) is 7.11 Å². The Morgan fingerprint density at radius 2 is 1.88 bits per heavy atom. The van der Waals surface area contributed by atoms with Crippen LogP contribution in [0.1, 0.15) is 16.7 Å². The molecule has 0 fully saturated rings. The molecule has 0 unspecified atom stereocenters. The van der Waals surface area contributed by atoms with Crippen LogP contribution < -0.4 is 4.74 Å². The lowest BCUT2D eigenvalue weighted by atomic mass is 10.00. The third-order valence-electron chi connectivity index (χ3n) is 2.71. The number of hydrogen-bond acceptors (Lipinski definition) is 1. The van der Waals surface area contributed by atoms with Gasteiger partial charge in [0, 0.05) is 5.56 Å². The van der Waals surface area contributed by atoms with E-state index >= 15 is 0 Å². The van der Waals surface area contributed by atoms with Crippen LogP contribution in [0.15, 0.2) is 48.5 Å². The van der Waals surface area contributed by atoms with E-state index in [9.17, 15) is 0 Å². The summed E-state index contributed by atoms with van der Waals surface area (Å²) in [6, 6.07) is 16.1. The highest BCUT2D eigenvalue weighted by Crippen LogP contribution is 2.20. The van der Waals surface area contributed by atoms with Crippen molar-refractivity contribution in [1.82, 2.24) is 0 Å². The standard InChI is InChI=1S/C16H14O/c1-3-14-9-10-16(17-2)12-15(14)11-13-7-5-4-6-8-13/h1,4-10,12H,11H2,2H3. The molecule has 0 bridgehead atoms. The van der Waals surface area contributed by atoms with Gasteiger partial charge in [0.15, 0.2) is 0 Å². The fourth-order valence-electron chi connectivity index (χ4n) is 1.80. The van der Waals surface area contributed by atoms with Gasteiger partial charge < -0.3 is 4.74 Å². The zero-order valence-corrected chi connectivity index (χ0v) is 9.81. The quantitative estimate of drug-likeness (QED) is 0.724. The van der Waals surface area contributed by atoms with Gasteiger partial charge in [-0.3, -0.25) is 0 Å². The van der Waals surface area contributed by atoms with E-state index in [0.29, 0.717) is 0 Å². The normalized spacial score (nSPS) is 9.65. The zero-order chi connectivity index (χ0) is 12.1. The molecule has 0 aliphatic carbocycles. The summed E-state index contributed by atoms with van der Waals surface area (Å²) < 4.78 is 5.22. The number of methoxy groups -OCH3 is 1. The summed E-state index contributed by atoms with van der Waals surface area (Å²) in [5, 5.41) is 0. The monoisotopic (exact) mass is 222 g/mol. The topological polar surface area (TPSA) is 9.23 Å². The van der Waals surface area contributed by atoms with E-state index in [0.717, 1.165) is 23.3 Å². The minimum absolute atomic E-state index is 0.831. The van der Waals surface area contributed by atoms with Crippen molar-refractivity contribution >= 4 is 0 Å². The largest absolute Gasteiger partial charge is 0.497 e. The SMILES string of the molecule is C#Cc1ccc(OC)cc1Cc1ccccc1. The summed E-state index contributed by atoms with van der Waals surface area (Å²) in [5.41, 5.74) is 3.30. The molecule has 0 aromatic heterocycles. The third-order valence-corrected chi connectivity index (χ3v) is 2.71. The highest BCUT2D eigenvalue weighted by Gasteiger charge is 2.03. The van der Waals surface area contributed by atoms with Gasteiger partial charge in [-0.15, -0.1) is 6.42 Å². The fraction of sp³-hybridized carbons (Fsp3) is 0.125. The van der Waals surface area contributed by atoms with Crippen LogP contribution in [-0.2, 0) is 6.42 Å². The van der Waals surface area contributed by atoms with Gasteiger partial charge >= 0.3 is 0 Å². The van der Waals surface area contributed by atoms with E-state index in [2.05, 4.69) is 18.1 Å². The van der Waals surface area contributed by atoms with Gasteiger partial charge in [-0.1, -0.05) is 36.3 Å². The van der Waals surface area contributed by atoms with Crippen molar-refractivity contribution in [2.45, 2.75) is 6.42 Å². The van der Waals surface area contributed by atoms with Gasteiger partial charge in [0.2, 0.25) is 0 Å². The molecule has 0 aliphatic rings. The minimum Gasteiger partial charge on any atom is -0.497 e. The Labute approximate surface area is 102 Å². The molecule has 17 heavy (non-hydrogen) atoms. The molecular weight excluding hydrogens is 208 g/mol. The Kier molecular flexibility index (Phi) is 3.47. The Hall–Kier alpha value is -2.20. The summed E-state index contributed by atoms with van der Waals surface area (Å²) in [7, 11) is 1.66. The third kappa shape index (κ3) is 2.68. The van der Waals surface area contributed by atoms with Gasteiger partial charge in [-0.25, -0.2) is 0 Å². The van der Waals surface area contributed by atoms with Crippen molar-refractivity contribution in [3.63, 3.8) is 0 Å². The average molecular weight is 222 g/mol. The van der Waals surface area contributed by atoms with Crippen molar-refractivity contribution in [1.29, 1.82) is 0 Å². The van der Waals surface area contributed by atoms with E-state index in [1.165, 1.54) is 5.56 Å². The van der Waals surface area contributed by atoms with Gasteiger partial charge in [-0.2, -0.15) is 0 Å². The molecule has 1 heteroatoms. The van der Waals surface area contributed by atoms with Crippen LogP contribution in [0.2, 0.25) is 0 Å². The van der Waals surface area contributed by atoms with Crippen LogP contribution in [0, 0.1) is 12.3 Å². The average Bonchev–Trinajstić information content (AvgIpc) is 2.40. The molecule has 0 N–H and O–H groups in total. The summed E-state index contributed by atoms with van der Waals surface area (Å²) in [4.78, 5) is 0. The second kappa shape index (κ2) is 5.23. The number of terminal acetylenes is 1. The Bertz CT molecular complexity index is 535. The summed E-state index contributed by atoms with van der Waals surface area (Å²) in [5.74, 6) is 3.55. The lowest BCUT2D eigenvalue weighted by molar-refractivity contribution is 0.414. The minimum atomic E-state index is 0.831. The van der Waals surface area contributed by atoms with Crippen molar-refractivity contribution in [2.75, 3.05) is 7.11 Å². The molecule has 2 aromatic rings. The van der Waals surface area contributed by atoms with Crippen molar-refractivity contribution < 1.29 is 4.74 Å². The Balaban J connectivity index is 2.34. The van der Waals surface area contributed by atoms with Crippen LogP contribution in [0.25, 0.3) is 0 Å². The molecule has 0 spiro atoms. The molecule has 0 amide bonds.